The van der Waals surface area contributed by atoms with Crippen molar-refractivity contribution in [2.45, 2.75) is 6.54 Å². The quantitative estimate of drug-likeness (QED) is 0.755. The summed E-state index contributed by atoms with van der Waals surface area (Å²) in [5.74, 6) is -0.586. The first-order valence-electron chi connectivity index (χ1n) is 6.51. The number of halogens is 3. The molecule has 3 rings (SSSR count). The Hall–Kier alpha value is -2.38. The first kappa shape index (κ1) is 15.5. The van der Waals surface area contributed by atoms with Crippen molar-refractivity contribution in [3.8, 4) is 0 Å². The third-order valence-corrected chi connectivity index (χ3v) is 3.72. The van der Waals surface area contributed by atoms with Gasteiger partial charge in [-0.05, 0) is 12.1 Å². The Morgan fingerprint density at radius 2 is 2.13 bits per heavy atom. The Bertz CT molecular complexity index is 840. The van der Waals surface area contributed by atoms with Crippen LogP contribution in [0.15, 0.2) is 36.7 Å². The number of carbonyl (C=O) groups excluding carboxylic acids is 1. The van der Waals surface area contributed by atoms with Crippen molar-refractivity contribution in [2.24, 2.45) is 0 Å². The van der Waals surface area contributed by atoms with E-state index in [2.05, 4.69) is 20.6 Å². The molecule has 0 atom stereocenters. The molecule has 0 spiro atoms. The normalized spacial score (nSPS) is 10.7. The lowest BCUT2D eigenvalue weighted by Crippen LogP contribution is -2.14. The van der Waals surface area contributed by atoms with Crippen molar-refractivity contribution >= 4 is 34.9 Å². The van der Waals surface area contributed by atoms with Gasteiger partial charge in [-0.15, -0.1) is 0 Å². The highest BCUT2D eigenvalue weighted by Crippen LogP contribution is 2.20. The zero-order valence-electron chi connectivity index (χ0n) is 11.6. The molecule has 0 aliphatic carbocycles. The van der Waals surface area contributed by atoms with Crippen LogP contribution in [-0.4, -0.2) is 25.9 Å². The lowest BCUT2D eigenvalue weighted by molar-refractivity contribution is 0.102. The second kappa shape index (κ2) is 6.39. The van der Waals surface area contributed by atoms with Crippen molar-refractivity contribution in [1.82, 2.24) is 20.0 Å². The number of rotatable bonds is 4. The SMILES string of the molecule is O=C(Nc1ccn(Cc2c(F)cccc2Cl)n1)c1[nH]ncc1Cl. The molecule has 2 N–H and O–H groups in total. The summed E-state index contributed by atoms with van der Waals surface area (Å²) in [5.41, 5.74) is 0.463. The number of benzene rings is 1. The van der Waals surface area contributed by atoms with E-state index in [1.807, 2.05) is 0 Å². The summed E-state index contributed by atoms with van der Waals surface area (Å²) in [6.45, 7) is 0.145. The maximum atomic E-state index is 13.8. The average molecular weight is 354 g/mol. The summed E-state index contributed by atoms with van der Waals surface area (Å²) in [4.78, 5) is 12.0. The molecule has 0 fully saturated rings. The molecule has 0 radical (unpaired) electrons. The fourth-order valence-electron chi connectivity index (χ4n) is 1.97. The summed E-state index contributed by atoms with van der Waals surface area (Å²) < 4.78 is 15.2. The van der Waals surface area contributed by atoms with Crippen molar-refractivity contribution in [3.05, 3.63) is 63.8 Å². The predicted molar refractivity (Wildman–Crippen MR) is 84.3 cm³/mol. The molecule has 0 unspecified atom stereocenters. The van der Waals surface area contributed by atoms with Gasteiger partial charge in [-0.3, -0.25) is 14.6 Å². The first-order chi connectivity index (χ1) is 11.0. The average Bonchev–Trinajstić information content (AvgIpc) is 3.12. The molecule has 23 heavy (non-hydrogen) atoms. The van der Waals surface area contributed by atoms with Crippen LogP contribution in [0.2, 0.25) is 10.0 Å². The van der Waals surface area contributed by atoms with Crippen LogP contribution in [0.25, 0.3) is 0 Å². The largest absolute Gasteiger partial charge is 0.304 e. The van der Waals surface area contributed by atoms with Crippen LogP contribution < -0.4 is 5.32 Å². The van der Waals surface area contributed by atoms with E-state index >= 15 is 0 Å². The number of hydrogen-bond donors (Lipinski definition) is 2. The molecule has 2 heterocycles. The number of aromatic nitrogens is 4. The minimum atomic E-state index is -0.471. The minimum absolute atomic E-state index is 0.137. The molecular formula is C14H10Cl2FN5O. The van der Waals surface area contributed by atoms with E-state index in [-0.39, 0.29) is 17.3 Å². The Labute approximate surface area is 140 Å². The van der Waals surface area contributed by atoms with E-state index in [0.29, 0.717) is 16.4 Å². The first-order valence-corrected chi connectivity index (χ1v) is 7.27. The van der Waals surface area contributed by atoms with E-state index < -0.39 is 11.7 Å². The number of H-pyrrole nitrogens is 1. The van der Waals surface area contributed by atoms with Gasteiger partial charge in [0, 0.05) is 22.8 Å². The van der Waals surface area contributed by atoms with Crippen LogP contribution in [0.1, 0.15) is 16.1 Å². The molecule has 2 aromatic heterocycles. The molecule has 0 aliphatic heterocycles. The highest BCUT2D eigenvalue weighted by Gasteiger charge is 2.14. The lowest BCUT2D eigenvalue weighted by Gasteiger charge is -2.06. The molecule has 0 bridgehead atoms. The Morgan fingerprint density at radius 1 is 1.30 bits per heavy atom. The van der Waals surface area contributed by atoms with Gasteiger partial charge in [-0.1, -0.05) is 29.3 Å². The fraction of sp³-hybridized carbons (Fsp3) is 0.0714. The smallest absolute Gasteiger partial charge is 0.276 e. The highest BCUT2D eigenvalue weighted by molar-refractivity contribution is 6.34. The topological polar surface area (TPSA) is 75.6 Å². The number of amides is 1. The van der Waals surface area contributed by atoms with Gasteiger partial charge in [-0.25, -0.2) is 4.39 Å². The molecular weight excluding hydrogens is 344 g/mol. The van der Waals surface area contributed by atoms with Crippen molar-refractivity contribution < 1.29 is 9.18 Å². The number of nitrogens with zero attached hydrogens (tertiary/aromatic N) is 3. The van der Waals surface area contributed by atoms with Crippen molar-refractivity contribution in [3.63, 3.8) is 0 Å². The zero-order chi connectivity index (χ0) is 16.4. The lowest BCUT2D eigenvalue weighted by atomic mass is 10.2. The van der Waals surface area contributed by atoms with Crippen LogP contribution in [-0.2, 0) is 6.54 Å². The second-order valence-corrected chi connectivity index (χ2v) is 5.46. The van der Waals surface area contributed by atoms with Gasteiger partial charge in [-0.2, -0.15) is 10.2 Å². The fourth-order valence-corrected chi connectivity index (χ4v) is 2.37. The van der Waals surface area contributed by atoms with Crippen LogP contribution in [0.3, 0.4) is 0 Å². The van der Waals surface area contributed by atoms with Crippen LogP contribution in [0.5, 0.6) is 0 Å². The van der Waals surface area contributed by atoms with E-state index in [0.717, 1.165) is 0 Å². The van der Waals surface area contributed by atoms with Crippen LogP contribution >= 0.6 is 23.2 Å². The van der Waals surface area contributed by atoms with Gasteiger partial charge < -0.3 is 5.32 Å². The summed E-state index contributed by atoms with van der Waals surface area (Å²) in [6, 6.07) is 6.04. The standard InChI is InChI=1S/C14H10Cl2FN5O/c15-9-2-1-3-11(17)8(9)7-22-5-4-12(21-22)19-14(23)13-10(16)6-18-20-13/h1-6H,7H2,(H,18,20)(H,19,21,23). The molecule has 1 amide bonds. The molecule has 118 valence electrons. The molecule has 6 nitrogen and oxygen atoms in total. The predicted octanol–water partition coefficient (Wildman–Crippen LogP) is 3.35. The molecule has 9 heteroatoms. The third-order valence-electron chi connectivity index (χ3n) is 3.08. The van der Waals surface area contributed by atoms with E-state index in [4.69, 9.17) is 23.2 Å². The van der Waals surface area contributed by atoms with Crippen molar-refractivity contribution in [1.29, 1.82) is 0 Å². The van der Waals surface area contributed by atoms with E-state index in [9.17, 15) is 9.18 Å². The van der Waals surface area contributed by atoms with Gasteiger partial charge >= 0.3 is 0 Å². The van der Waals surface area contributed by atoms with Gasteiger partial charge in [0.15, 0.2) is 5.82 Å². The monoisotopic (exact) mass is 353 g/mol. The summed E-state index contributed by atoms with van der Waals surface area (Å²) in [6.07, 6.45) is 2.93. The summed E-state index contributed by atoms with van der Waals surface area (Å²) in [7, 11) is 0. The minimum Gasteiger partial charge on any atom is -0.304 e. The van der Waals surface area contributed by atoms with Gasteiger partial charge in [0.2, 0.25) is 0 Å². The summed E-state index contributed by atoms with van der Waals surface area (Å²) >= 11 is 11.8. The van der Waals surface area contributed by atoms with E-state index in [1.165, 1.54) is 23.0 Å². The van der Waals surface area contributed by atoms with Gasteiger partial charge in [0.1, 0.15) is 11.5 Å². The van der Waals surface area contributed by atoms with Crippen molar-refractivity contribution in [2.75, 3.05) is 5.32 Å². The number of anilines is 1. The van der Waals surface area contributed by atoms with Crippen LogP contribution in [0, 0.1) is 5.82 Å². The highest BCUT2D eigenvalue weighted by atomic mass is 35.5. The maximum absolute atomic E-state index is 13.8. The molecule has 0 saturated carbocycles. The van der Waals surface area contributed by atoms with Gasteiger partial charge in [0.25, 0.3) is 5.91 Å². The maximum Gasteiger partial charge on any atom is 0.276 e. The zero-order valence-corrected chi connectivity index (χ0v) is 13.1. The second-order valence-electron chi connectivity index (χ2n) is 4.65. The molecule has 0 aliphatic rings. The Balaban J connectivity index is 1.74. The molecule has 1 aromatic carbocycles. The molecule has 3 aromatic rings. The third kappa shape index (κ3) is 3.35. The number of nitrogens with one attached hydrogen (secondary N) is 2. The Morgan fingerprint density at radius 3 is 2.83 bits per heavy atom. The number of carbonyl (C=O) groups is 1. The van der Waals surface area contributed by atoms with Gasteiger partial charge in [0.05, 0.1) is 17.8 Å². The number of aromatic amines is 1. The summed E-state index contributed by atoms with van der Waals surface area (Å²) in [5, 5.41) is 13.4. The number of hydrogen-bond acceptors (Lipinski definition) is 3. The van der Waals surface area contributed by atoms with E-state index in [1.54, 1.807) is 18.3 Å². The Kier molecular flexibility index (Phi) is 4.31. The molecule has 0 saturated heterocycles. The van der Waals surface area contributed by atoms with Crippen LogP contribution in [0.4, 0.5) is 10.2 Å².